The number of benzene rings is 2. The van der Waals surface area contributed by atoms with Gasteiger partial charge in [-0.3, -0.25) is 4.79 Å². The molecule has 0 radical (unpaired) electrons. The highest BCUT2D eigenvalue weighted by atomic mass is 16.5. The van der Waals surface area contributed by atoms with Crippen LogP contribution in [-0.2, 0) is 11.2 Å². The van der Waals surface area contributed by atoms with Crippen LogP contribution >= 0.6 is 0 Å². The number of carbonyl (C=O) groups excluding carboxylic acids is 1. The summed E-state index contributed by atoms with van der Waals surface area (Å²) in [5, 5.41) is 0. The SMILES string of the molecule is CC1(C)C(=O)CC1Oc1ccc(Cc2ccccc2)cc1. The number of hydrogen-bond donors (Lipinski definition) is 0. The molecule has 1 atom stereocenters. The molecule has 0 aliphatic heterocycles. The Balaban J connectivity index is 1.64. The lowest BCUT2D eigenvalue weighted by molar-refractivity contribution is -0.148. The lowest BCUT2D eigenvalue weighted by Gasteiger charge is -2.41. The molecule has 0 N–H and O–H groups in total. The Bertz CT molecular complexity index is 626. The van der Waals surface area contributed by atoms with Crippen molar-refractivity contribution in [2.75, 3.05) is 0 Å². The molecule has 3 rings (SSSR count). The summed E-state index contributed by atoms with van der Waals surface area (Å²) in [5.41, 5.74) is 2.22. The van der Waals surface area contributed by atoms with Crippen molar-refractivity contribution in [3.8, 4) is 5.75 Å². The zero-order valence-electron chi connectivity index (χ0n) is 12.5. The molecule has 1 unspecified atom stereocenters. The van der Waals surface area contributed by atoms with E-state index in [2.05, 4.69) is 36.4 Å². The maximum atomic E-state index is 11.5. The largest absolute Gasteiger partial charge is 0.489 e. The van der Waals surface area contributed by atoms with Gasteiger partial charge in [0.05, 0.1) is 5.41 Å². The number of Topliss-reactive ketones (excluding diaryl/α,β-unsaturated/α-hetero) is 1. The Hall–Kier alpha value is -2.09. The van der Waals surface area contributed by atoms with Crippen molar-refractivity contribution in [2.24, 2.45) is 5.41 Å². The minimum absolute atomic E-state index is 0.00460. The van der Waals surface area contributed by atoms with Crippen LogP contribution in [0.1, 0.15) is 31.4 Å². The van der Waals surface area contributed by atoms with E-state index in [4.69, 9.17) is 4.74 Å². The second kappa shape index (κ2) is 5.36. The zero-order valence-corrected chi connectivity index (χ0v) is 12.5. The molecule has 1 aliphatic rings. The van der Waals surface area contributed by atoms with E-state index in [1.807, 2.05) is 32.0 Å². The Kier molecular flexibility index (Phi) is 3.54. The average molecular weight is 280 g/mol. The van der Waals surface area contributed by atoms with Crippen LogP contribution in [-0.4, -0.2) is 11.9 Å². The Morgan fingerprint density at radius 3 is 2.19 bits per heavy atom. The van der Waals surface area contributed by atoms with Crippen molar-refractivity contribution in [3.05, 3.63) is 65.7 Å². The molecule has 0 bridgehead atoms. The molecule has 1 aliphatic carbocycles. The molecule has 0 amide bonds. The van der Waals surface area contributed by atoms with Gasteiger partial charge in [0.15, 0.2) is 0 Å². The topological polar surface area (TPSA) is 26.3 Å². The lowest BCUT2D eigenvalue weighted by atomic mass is 9.68. The Morgan fingerprint density at radius 2 is 1.62 bits per heavy atom. The molecule has 1 saturated carbocycles. The molecule has 0 spiro atoms. The fourth-order valence-corrected chi connectivity index (χ4v) is 2.61. The van der Waals surface area contributed by atoms with Crippen LogP contribution in [0.2, 0.25) is 0 Å². The number of carbonyl (C=O) groups is 1. The monoisotopic (exact) mass is 280 g/mol. The average Bonchev–Trinajstić information content (AvgIpc) is 2.50. The van der Waals surface area contributed by atoms with Gasteiger partial charge in [-0.1, -0.05) is 42.5 Å². The third kappa shape index (κ3) is 2.85. The number of ketones is 1. The fraction of sp³-hybridized carbons (Fsp3) is 0.316. The molecule has 2 aromatic rings. The smallest absolute Gasteiger partial charge is 0.145 e. The summed E-state index contributed by atoms with van der Waals surface area (Å²) in [4.78, 5) is 11.5. The van der Waals surface area contributed by atoms with Crippen molar-refractivity contribution in [2.45, 2.75) is 32.8 Å². The van der Waals surface area contributed by atoms with Crippen LogP contribution in [0.15, 0.2) is 54.6 Å². The predicted octanol–water partition coefficient (Wildman–Crippen LogP) is 4.02. The first-order chi connectivity index (χ1) is 10.1. The normalized spacial score (nSPS) is 19.9. The van der Waals surface area contributed by atoms with Crippen molar-refractivity contribution >= 4 is 5.78 Å². The van der Waals surface area contributed by atoms with Gasteiger partial charge in [0.25, 0.3) is 0 Å². The number of ether oxygens (including phenoxy) is 1. The van der Waals surface area contributed by atoms with Crippen LogP contribution < -0.4 is 4.74 Å². The molecule has 1 fully saturated rings. The molecule has 0 heterocycles. The van der Waals surface area contributed by atoms with Crippen LogP contribution in [0.25, 0.3) is 0 Å². The van der Waals surface area contributed by atoms with E-state index in [0.717, 1.165) is 12.2 Å². The highest BCUT2D eigenvalue weighted by molar-refractivity contribution is 5.91. The van der Waals surface area contributed by atoms with Gasteiger partial charge in [-0.05, 0) is 43.5 Å². The summed E-state index contributed by atoms with van der Waals surface area (Å²) in [5.74, 6) is 1.13. The van der Waals surface area contributed by atoms with Crippen LogP contribution in [0, 0.1) is 5.41 Å². The summed E-state index contributed by atoms with van der Waals surface area (Å²) in [7, 11) is 0. The lowest BCUT2D eigenvalue weighted by Crippen LogP contribution is -2.52. The minimum atomic E-state index is -0.345. The molecular formula is C19H20O2. The maximum absolute atomic E-state index is 11.5. The summed E-state index contributed by atoms with van der Waals surface area (Å²) < 4.78 is 5.92. The molecule has 0 saturated heterocycles. The fourth-order valence-electron chi connectivity index (χ4n) is 2.61. The van der Waals surface area contributed by atoms with E-state index >= 15 is 0 Å². The van der Waals surface area contributed by atoms with E-state index in [1.54, 1.807) is 0 Å². The van der Waals surface area contributed by atoms with Gasteiger partial charge in [0.1, 0.15) is 17.6 Å². The number of hydrogen-bond acceptors (Lipinski definition) is 2. The van der Waals surface area contributed by atoms with Crippen LogP contribution in [0.5, 0.6) is 5.75 Å². The highest BCUT2D eigenvalue weighted by Gasteiger charge is 2.49. The molecule has 2 aromatic carbocycles. The van der Waals surface area contributed by atoms with Crippen molar-refractivity contribution < 1.29 is 9.53 Å². The first-order valence-corrected chi connectivity index (χ1v) is 7.38. The summed E-state index contributed by atoms with van der Waals surface area (Å²) in [6.45, 7) is 3.90. The van der Waals surface area contributed by atoms with E-state index in [-0.39, 0.29) is 17.3 Å². The molecule has 2 heteroatoms. The molecule has 21 heavy (non-hydrogen) atoms. The van der Waals surface area contributed by atoms with Crippen molar-refractivity contribution in [3.63, 3.8) is 0 Å². The first-order valence-electron chi connectivity index (χ1n) is 7.38. The molecular weight excluding hydrogens is 260 g/mol. The van der Waals surface area contributed by atoms with E-state index in [0.29, 0.717) is 6.42 Å². The molecule has 108 valence electrons. The third-order valence-electron chi connectivity index (χ3n) is 4.35. The number of rotatable bonds is 4. The van der Waals surface area contributed by atoms with Gasteiger partial charge >= 0.3 is 0 Å². The third-order valence-corrected chi connectivity index (χ3v) is 4.35. The Labute approximate surface area is 125 Å². The van der Waals surface area contributed by atoms with Crippen molar-refractivity contribution in [1.29, 1.82) is 0 Å². The van der Waals surface area contributed by atoms with Crippen LogP contribution in [0.3, 0.4) is 0 Å². The molecule has 0 aromatic heterocycles. The zero-order chi connectivity index (χ0) is 14.9. The van der Waals surface area contributed by atoms with Gasteiger partial charge in [-0.15, -0.1) is 0 Å². The van der Waals surface area contributed by atoms with Gasteiger partial charge in [0, 0.05) is 6.42 Å². The minimum Gasteiger partial charge on any atom is -0.489 e. The van der Waals surface area contributed by atoms with E-state index in [1.165, 1.54) is 11.1 Å². The van der Waals surface area contributed by atoms with Gasteiger partial charge < -0.3 is 4.74 Å². The molecule has 2 nitrogen and oxygen atoms in total. The van der Waals surface area contributed by atoms with Gasteiger partial charge in [0.2, 0.25) is 0 Å². The first kappa shape index (κ1) is 13.9. The van der Waals surface area contributed by atoms with Gasteiger partial charge in [-0.25, -0.2) is 0 Å². The summed E-state index contributed by atoms with van der Waals surface area (Å²) >= 11 is 0. The standard InChI is InChI=1S/C19H20O2/c1-19(2)17(20)13-18(19)21-16-10-8-15(9-11-16)12-14-6-4-3-5-7-14/h3-11,18H,12-13H2,1-2H3. The second-order valence-electron chi connectivity index (χ2n) is 6.26. The highest BCUT2D eigenvalue weighted by Crippen LogP contribution is 2.39. The summed E-state index contributed by atoms with van der Waals surface area (Å²) in [6.07, 6.45) is 1.46. The van der Waals surface area contributed by atoms with Crippen molar-refractivity contribution in [1.82, 2.24) is 0 Å². The second-order valence-corrected chi connectivity index (χ2v) is 6.26. The van der Waals surface area contributed by atoms with Crippen LogP contribution in [0.4, 0.5) is 0 Å². The quantitative estimate of drug-likeness (QED) is 0.845. The Morgan fingerprint density at radius 1 is 1.00 bits per heavy atom. The summed E-state index contributed by atoms with van der Waals surface area (Å²) in [6, 6.07) is 18.6. The predicted molar refractivity (Wildman–Crippen MR) is 83.5 cm³/mol. The van der Waals surface area contributed by atoms with E-state index in [9.17, 15) is 4.79 Å². The van der Waals surface area contributed by atoms with Gasteiger partial charge in [-0.2, -0.15) is 0 Å². The maximum Gasteiger partial charge on any atom is 0.145 e. The van der Waals surface area contributed by atoms with E-state index < -0.39 is 0 Å².